The number of carbonyl (C=O) groups excluding carboxylic acids is 1. The fraction of sp³-hybridized carbons (Fsp3) is 0.529. The third-order valence-corrected chi connectivity index (χ3v) is 3.92. The van der Waals surface area contributed by atoms with Crippen LogP contribution in [0.15, 0.2) is 35.3 Å². The standard InChI is InChI=1S/C17H26N4O/c18-17(21-15-10-6-1-2-7-11-15)20-13-12-19-16(22)14-8-4-3-5-9-14/h3-5,8-9,15H,1-2,6-7,10-13H2,(H,19,22)(H3,18,20,21). The zero-order valence-electron chi connectivity index (χ0n) is 13.1. The number of nitrogens with two attached hydrogens (primary N) is 1. The van der Waals surface area contributed by atoms with Crippen LogP contribution in [0.25, 0.3) is 0 Å². The average molecular weight is 302 g/mol. The molecule has 0 aromatic heterocycles. The Morgan fingerprint density at radius 1 is 1.14 bits per heavy atom. The highest BCUT2D eigenvalue weighted by atomic mass is 16.1. The first-order valence-electron chi connectivity index (χ1n) is 8.15. The van der Waals surface area contributed by atoms with Crippen LogP contribution in [0.2, 0.25) is 0 Å². The number of hydrogen-bond donors (Lipinski definition) is 3. The van der Waals surface area contributed by atoms with Gasteiger partial charge in [0.2, 0.25) is 0 Å². The summed E-state index contributed by atoms with van der Waals surface area (Å²) in [6.45, 7) is 0.977. The summed E-state index contributed by atoms with van der Waals surface area (Å²) in [5.41, 5.74) is 6.57. The molecule has 5 nitrogen and oxygen atoms in total. The topological polar surface area (TPSA) is 79.5 Å². The van der Waals surface area contributed by atoms with E-state index in [0.29, 0.717) is 30.7 Å². The molecule has 22 heavy (non-hydrogen) atoms. The molecule has 1 saturated carbocycles. The maximum absolute atomic E-state index is 11.8. The maximum Gasteiger partial charge on any atom is 0.251 e. The summed E-state index contributed by atoms with van der Waals surface area (Å²) >= 11 is 0. The Labute approximate surface area is 132 Å². The molecule has 1 aliphatic carbocycles. The molecule has 2 rings (SSSR count). The Hall–Kier alpha value is -2.04. The van der Waals surface area contributed by atoms with Gasteiger partial charge < -0.3 is 16.4 Å². The molecule has 0 spiro atoms. The second-order valence-electron chi connectivity index (χ2n) is 5.72. The fourth-order valence-corrected chi connectivity index (χ4v) is 2.72. The van der Waals surface area contributed by atoms with Crippen LogP contribution in [0, 0.1) is 0 Å². The van der Waals surface area contributed by atoms with E-state index < -0.39 is 0 Å². The highest BCUT2D eigenvalue weighted by molar-refractivity contribution is 5.94. The van der Waals surface area contributed by atoms with Gasteiger partial charge in [0.05, 0.1) is 6.54 Å². The van der Waals surface area contributed by atoms with E-state index in [4.69, 9.17) is 5.73 Å². The van der Waals surface area contributed by atoms with Crippen molar-refractivity contribution in [2.24, 2.45) is 10.7 Å². The second kappa shape index (κ2) is 9.07. The van der Waals surface area contributed by atoms with E-state index in [1.165, 1.54) is 38.5 Å². The quantitative estimate of drug-likeness (QED) is 0.337. The zero-order chi connectivity index (χ0) is 15.6. The minimum Gasteiger partial charge on any atom is -0.370 e. The van der Waals surface area contributed by atoms with Crippen LogP contribution in [-0.4, -0.2) is 31.0 Å². The van der Waals surface area contributed by atoms with Gasteiger partial charge in [0.1, 0.15) is 0 Å². The van der Waals surface area contributed by atoms with Gasteiger partial charge >= 0.3 is 0 Å². The van der Waals surface area contributed by atoms with Crippen molar-refractivity contribution >= 4 is 11.9 Å². The molecule has 1 aromatic rings. The fourth-order valence-electron chi connectivity index (χ4n) is 2.72. The molecule has 0 bridgehead atoms. The van der Waals surface area contributed by atoms with E-state index in [0.717, 1.165) is 0 Å². The number of carbonyl (C=O) groups is 1. The van der Waals surface area contributed by atoms with E-state index in [1.807, 2.05) is 18.2 Å². The predicted molar refractivity (Wildman–Crippen MR) is 89.9 cm³/mol. The molecule has 1 fully saturated rings. The van der Waals surface area contributed by atoms with Gasteiger partial charge in [0.15, 0.2) is 5.96 Å². The molecule has 1 aliphatic rings. The summed E-state index contributed by atoms with van der Waals surface area (Å²) in [6.07, 6.45) is 7.50. The molecular weight excluding hydrogens is 276 g/mol. The summed E-state index contributed by atoms with van der Waals surface area (Å²) < 4.78 is 0. The molecule has 4 N–H and O–H groups in total. The number of benzene rings is 1. The number of amides is 1. The van der Waals surface area contributed by atoms with E-state index in [2.05, 4.69) is 15.6 Å². The van der Waals surface area contributed by atoms with E-state index in [1.54, 1.807) is 12.1 Å². The van der Waals surface area contributed by atoms with Gasteiger partial charge in [-0.2, -0.15) is 0 Å². The summed E-state index contributed by atoms with van der Waals surface area (Å²) in [6, 6.07) is 9.62. The Morgan fingerprint density at radius 2 is 1.82 bits per heavy atom. The molecule has 0 heterocycles. The molecule has 0 saturated heterocycles. The highest BCUT2D eigenvalue weighted by Crippen LogP contribution is 2.16. The lowest BCUT2D eigenvalue weighted by molar-refractivity contribution is 0.0955. The van der Waals surface area contributed by atoms with Gasteiger partial charge in [-0.25, -0.2) is 0 Å². The van der Waals surface area contributed by atoms with Crippen LogP contribution >= 0.6 is 0 Å². The lowest BCUT2D eigenvalue weighted by Crippen LogP contribution is -2.40. The van der Waals surface area contributed by atoms with E-state index in [-0.39, 0.29) is 5.91 Å². The van der Waals surface area contributed by atoms with Gasteiger partial charge in [0, 0.05) is 18.2 Å². The van der Waals surface area contributed by atoms with Crippen molar-refractivity contribution in [2.75, 3.05) is 13.1 Å². The van der Waals surface area contributed by atoms with Gasteiger partial charge in [-0.1, -0.05) is 43.9 Å². The van der Waals surface area contributed by atoms with Gasteiger partial charge in [-0.15, -0.1) is 0 Å². The zero-order valence-corrected chi connectivity index (χ0v) is 13.1. The van der Waals surface area contributed by atoms with Crippen LogP contribution in [0.5, 0.6) is 0 Å². The number of guanidine groups is 1. The first-order chi connectivity index (χ1) is 10.8. The SMILES string of the molecule is NC(=NCCNC(=O)c1ccccc1)NC1CCCCCC1. The van der Waals surface area contributed by atoms with Crippen molar-refractivity contribution in [3.63, 3.8) is 0 Å². The first-order valence-corrected chi connectivity index (χ1v) is 8.15. The van der Waals surface area contributed by atoms with Gasteiger partial charge in [0.25, 0.3) is 5.91 Å². The van der Waals surface area contributed by atoms with Gasteiger partial charge in [-0.3, -0.25) is 9.79 Å². The largest absolute Gasteiger partial charge is 0.370 e. The van der Waals surface area contributed by atoms with Gasteiger partial charge in [-0.05, 0) is 25.0 Å². The third kappa shape index (κ3) is 5.76. The predicted octanol–water partition coefficient (Wildman–Crippen LogP) is 2.04. The molecule has 5 heteroatoms. The van der Waals surface area contributed by atoms with E-state index >= 15 is 0 Å². The normalized spacial score (nSPS) is 16.8. The highest BCUT2D eigenvalue weighted by Gasteiger charge is 2.12. The van der Waals surface area contributed by atoms with Crippen LogP contribution in [0.4, 0.5) is 0 Å². The number of nitrogens with one attached hydrogen (secondary N) is 2. The molecule has 0 atom stereocenters. The number of aliphatic imine (C=N–C) groups is 1. The average Bonchev–Trinajstić information content (AvgIpc) is 2.81. The molecule has 120 valence electrons. The Balaban J connectivity index is 1.67. The van der Waals surface area contributed by atoms with Crippen molar-refractivity contribution in [3.8, 4) is 0 Å². The van der Waals surface area contributed by atoms with Crippen LogP contribution in [0.3, 0.4) is 0 Å². The smallest absolute Gasteiger partial charge is 0.251 e. The summed E-state index contributed by atoms with van der Waals surface area (Å²) in [5.74, 6) is 0.409. The van der Waals surface area contributed by atoms with Crippen LogP contribution in [0.1, 0.15) is 48.9 Å². The summed E-state index contributed by atoms with van der Waals surface area (Å²) in [5, 5.41) is 6.13. The number of rotatable bonds is 5. The molecule has 0 radical (unpaired) electrons. The van der Waals surface area contributed by atoms with E-state index in [9.17, 15) is 4.79 Å². The first kappa shape index (κ1) is 16.3. The molecular formula is C17H26N4O. The molecule has 0 unspecified atom stereocenters. The summed E-state index contributed by atoms with van der Waals surface area (Å²) in [4.78, 5) is 16.1. The molecule has 1 aromatic carbocycles. The lowest BCUT2D eigenvalue weighted by Gasteiger charge is -2.16. The Bertz CT molecular complexity index is 479. The summed E-state index contributed by atoms with van der Waals surface area (Å²) in [7, 11) is 0. The Morgan fingerprint density at radius 3 is 2.50 bits per heavy atom. The number of hydrogen-bond acceptors (Lipinski definition) is 2. The minimum atomic E-state index is -0.0777. The van der Waals surface area contributed by atoms with Crippen molar-refractivity contribution in [1.29, 1.82) is 0 Å². The second-order valence-corrected chi connectivity index (χ2v) is 5.72. The molecule has 1 amide bonds. The van der Waals surface area contributed by atoms with Crippen LogP contribution in [-0.2, 0) is 0 Å². The van der Waals surface area contributed by atoms with Crippen molar-refractivity contribution in [3.05, 3.63) is 35.9 Å². The maximum atomic E-state index is 11.8. The van der Waals surface area contributed by atoms with Crippen molar-refractivity contribution < 1.29 is 4.79 Å². The number of nitrogens with zero attached hydrogens (tertiary/aromatic N) is 1. The van der Waals surface area contributed by atoms with Crippen molar-refractivity contribution in [1.82, 2.24) is 10.6 Å². The molecule has 0 aliphatic heterocycles. The van der Waals surface area contributed by atoms with Crippen LogP contribution < -0.4 is 16.4 Å². The Kier molecular flexibility index (Phi) is 6.74. The lowest BCUT2D eigenvalue weighted by atomic mass is 10.1. The monoisotopic (exact) mass is 302 g/mol. The van der Waals surface area contributed by atoms with Crippen molar-refractivity contribution in [2.45, 2.75) is 44.6 Å². The minimum absolute atomic E-state index is 0.0777. The third-order valence-electron chi connectivity index (χ3n) is 3.92.